The van der Waals surface area contributed by atoms with E-state index in [0.29, 0.717) is 5.17 Å². The molecule has 0 radical (unpaired) electrons. The van der Waals surface area contributed by atoms with Crippen LogP contribution >= 0.6 is 23.2 Å². The largest absolute Gasteiger partial charge is 0.518 e. The summed E-state index contributed by atoms with van der Waals surface area (Å²) in [5.74, 6) is -0.316. The van der Waals surface area contributed by atoms with Crippen LogP contribution in [0, 0.1) is 0 Å². The quantitative estimate of drug-likeness (QED) is 0.211. The van der Waals surface area contributed by atoms with Gasteiger partial charge in [0.25, 0.3) is 0 Å². The molecule has 0 aromatic carbocycles. The molecule has 0 aromatic heterocycles. The van der Waals surface area contributed by atoms with Crippen molar-refractivity contribution in [1.82, 2.24) is 10.9 Å². The van der Waals surface area contributed by atoms with Crippen molar-refractivity contribution in [3.05, 3.63) is 0 Å². The molecular formula is C6H8Cl2N4O2W2-2. The van der Waals surface area contributed by atoms with Crippen LogP contribution in [0.1, 0.15) is 13.8 Å². The fraction of sp³-hybridized carbons (Fsp3) is 0.333. The molecule has 0 fully saturated rings. The van der Waals surface area contributed by atoms with Crippen LogP contribution in [0.5, 0.6) is 0 Å². The molecule has 6 nitrogen and oxygen atoms in total. The minimum Gasteiger partial charge on any atom is -0.518 e. The summed E-state index contributed by atoms with van der Waals surface area (Å²) in [6.07, 6.45) is 1.27. The molecule has 0 rings (SSSR count). The molecule has 0 unspecified atom stereocenters. The van der Waals surface area contributed by atoms with Crippen molar-refractivity contribution in [3.8, 4) is 0 Å². The number of carbonyl (C=O) groups is 1. The molecule has 2 N–H and O–H groups in total. The fourth-order valence-corrected chi connectivity index (χ4v) is 0.277. The van der Waals surface area contributed by atoms with Gasteiger partial charge in [-0.2, -0.15) is 5.10 Å². The second-order valence-corrected chi connectivity index (χ2v) is 2.41. The van der Waals surface area contributed by atoms with Gasteiger partial charge < -0.3 is 32.3 Å². The third kappa shape index (κ3) is 36.8. The Hall–Kier alpha value is 0.237. The van der Waals surface area contributed by atoms with E-state index in [9.17, 15) is 9.59 Å². The molecular weight excluding hydrogens is 599 g/mol. The van der Waals surface area contributed by atoms with Crippen LogP contribution in [0.4, 0.5) is 0 Å². The summed E-state index contributed by atoms with van der Waals surface area (Å²) in [7, 11) is 0. The standard InChI is InChI=1S/C3H3Cl2N2.C3H5N2O2.2W/c1-3(5)7-6-2-4;1-3(7)5-4-2-6;;/h1H3;1H3,(H,4,6)(H,5,7);;/q2*-1;;/b7-3-;;;. The number of hydrogen-bond acceptors (Lipinski definition) is 4. The van der Waals surface area contributed by atoms with E-state index in [0.717, 1.165) is 0 Å². The summed E-state index contributed by atoms with van der Waals surface area (Å²) in [5, 5.41) is 6.79. The van der Waals surface area contributed by atoms with Crippen LogP contribution in [0.25, 0.3) is 0 Å². The number of carbonyl (C=O) groups excluding carboxylic acids is 2. The zero-order valence-electron chi connectivity index (χ0n) is 8.28. The predicted octanol–water partition coefficient (Wildman–Crippen LogP) is 0.392. The number of halogens is 2. The smallest absolute Gasteiger partial charge is 0.232 e. The van der Waals surface area contributed by atoms with Gasteiger partial charge in [-0.25, -0.2) is 0 Å². The van der Waals surface area contributed by atoms with E-state index in [1.54, 1.807) is 6.92 Å². The van der Waals surface area contributed by atoms with Gasteiger partial charge >= 0.3 is 0 Å². The molecule has 0 spiro atoms. The van der Waals surface area contributed by atoms with Gasteiger partial charge in [0.05, 0.1) is 0 Å². The molecule has 0 atom stereocenters. The molecule has 0 aliphatic heterocycles. The number of rotatable bonds is 3. The summed E-state index contributed by atoms with van der Waals surface area (Å²) in [6.45, 7) is 2.88. The maximum absolute atomic E-state index is 9.85. The molecule has 0 saturated carbocycles. The van der Waals surface area contributed by atoms with E-state index in [2.05, 4.69) is 10.2 Å². The first-order valence-electron chi connectivity index (χ1n) is 3.18. The molecule has 2 amide bonds. The Morgan fingerprint density at radius 1 is 1.31 bits per heavy atom. The van der Waals surface area contributed by atoms with Crippen LogP contribution in [0.15, 0.2) is 10.2 Å². The fourth-order valence-electron chi connectivity index (χ4n) is 0.201. The molecule has 10 heteroatoms. The first-order valence-corrected chi connectivity index (χ1v) is 3.94. The second-order valence-electron chi connectivity index (χ2n) is 1.69. The summed E-state index contributed by atoms with van der Waals surface area (Å²) in [4.78, 5) is 19.1. The van der Waals surface area contributed by atoms with E-state index in [-0.39, 0.29) is 48.0 Å². The average molecular weight is 607 g/mol. The van der Waals surface area contributed by atoms with Crippen LogP contribution < -0.4 is 10.9 Å². The summed E-state index contributed by atoms with van der Waals surface area (Å²) in [6, 6.07) is 0. The molecule has 0 aliphatic carbocycles. The minimum absolute atomic E-state index is 0. The van der Waals surface area contributed by atoms with Crippen LogP contribution in [0.3, 0.4) is 0 Å². The molecule has 0 bridgehead atoms. The van der Waals surface area contributed by atoms with Gasteiger partial charge in [0.15, 0.2) is 0 Å². The number of nitrogens with one attached hydrogen (secondary N) is 2. The summed E-state index contributed by atoms with van der Waals surface area (Å²) >= 11 is 10.1. The Morgan fingerprint density at radius 3 is 1.94 bits per heavy atom. The van der Waals surface area contributed by atoms with Crippen molar-refractivity contribution >= 4 is 46.4 Å². The Bertz CT molecular complexity index is 235. The first-order chi connectivity index (χ1) is 6.54. The average Bonchev–Trinajstić information content (AvgIpc) is 2.12. The zero-order chi connectivity index (χ0) is 11.4. The normalized spacial score (nSPS) is 8.88. The Morgan fingerprint density at radius 2 is 1.81 bits per heavy atom. The van der Waals surface area contributed by atoms with E-state index >= 15 is 0 Å². The second kappa shape index (κ2) is 20.6. The minimum atomic E-state index is -0.316. The predicted molar refractivity (Wildman–Crippen MR) is 54.9 cm³/mol. The first kappa shape index (κ1) is 25.2. The Balaban J connectivity index is -0.0000000800. The van der Waals surface area contributed by atoms with Gasteiger partial charge in [-0.1, -0.05) is 11.6 Å². The van der Waals surface area contributed by atoms with Crippen LogP contribution in [-0.4, -0.2) is 23.2 Å². The number of hydrazine groups is 1. The molecule has 0 heterocycles. The van der Waals surface area contributed by atoms with Crippen molar-refractivity contribution in [3.63, 3.8) is 0 Å². The van der Waals surface area contributed by atoms with Gasteiger partial charge in [-0.15, -0.1) is 6.41 Å². The molecule has 0 aromatic rings. The van der Waals surface area contributed by atoms with Gasteiger partial charge in [-0.05, 0) is 6.92 Å². The molecule has 92 valence electrons. The SMILES string of the molecule is C/C(Cl)=N/N=[C-]Cl.CC(=O)NN[C-]=O.[W].[W]. The van der Waals surface area contributed by atoms with Gasteiger partial charge in [0, 0.05) is 49.1 Å². The topological polar surface area (TPSA) is 82.9 Å². The van der Waals surface area contributed by atoms with Gasteiger partial charge in [0.2, 0.25) is 5.91 Å². The molecule has 0 aliphatic rings. The van der Waals surface area contributed by atoms with Gasteiger partial charge in [0.1, 0.15) is 5.17 Å². The van der Waals surface area contributed by atoms with Crippen molar-refractivity contribution < 1.29 is 51.7 Å². The van der Waals surface area contributed by atoms with Crippen LogP contribution in [-0.2, 0) is 51.7 Å². The van der Waals surface area contributed by atoms with Crippen molar-refractivity contribution in [2.24, 2.45) is 10.2 Å². The Kier molecular flexibility index (Phi) is 32.4. The van der Waals surface area contributed by atoms with Crippen LogP contribution in [0.2, 0.25) is 0 Å². The van der Waals surface area contributed by atoms with E-state index in [1.165, 1.54) is 13.3 Å². The van der Waals surface area contributed by atoms with Gasteiger partial charge in [-0.3, -0.25) is 10.5 Å². The summed E-state index contributed by atoms with van der Waals surface area (Å²) in [5.41, 5.74) is 5.75. The third-order valence-electron chi connectivity index (χ3n) is 0.515. The monoisotopic (exact) mass is 606 g/mol. The zero-order valence-corrected chi connectivity index (χ0v) is 15.7. The number of hydrogen-bond donors (Lipinski definition) is 2. The van der Waals surface area contributed by atoms with E-state index in [1.807, 2.05) is 16.5 Å². The van der Waals surface area contributed by atoms with Crippen molar-refractivity contribution in [1.29, 1.82) is 0 Å². The molecule has 16 heavy (non-hydrogen) atoms. The Labute approximate surface area is 132 Å². The maximum atomic E-state index is 9.85. The van der Waals surface area contributed by atoms with E-state index < -0.39 is 0 Å². The third-order valence-corrected chi connectivity index (χ3v) is 0.666. The molecule has 0 saturated heterocycles. The number of nitrogens with zero attached hydrogens (tertiary/aromatic N) is 2. The van der Waals surface area contributed by atoms with Crippen molar-refractivity contribution in [2.45, 2.75) is 13.8 Å². The van der Waals surface area contributed by atoms with E-state index in [4.69, 9.17) is 23.2 Å². The number of amides is 2. The maximum Gasteiger partial charge on any atom is 0.232 e. The van der Waals surface area contributed by atoms with Crippen molar-refractivity contribution in [2.75, 3.05) is 0 Å². The summed E-state index contributed by atoms with van der Waals surface area (Å²) < 4.78 is 0.